The molecule has 2 rings (SSSR count). The third kappa shape index (κ3) is 5.37. The normalized spacial score (nSPS) is 12.0. The van der Waals surface area contributed by atoms with Crippen molar-refractivity contribution in [3.63, 3.8) is 0 Å². The molecule has 1 aromatic heterocycles. The van der Waals surface area contributed by atoms with Crippen molar-refractivity contribution < 1.29 is 23.6 Å². The summed E-state index contributed by atoms with van der Waals surface area (Å²) in [6, 6.07) is 4.65. The lowest BCUT2D eigenvalue weighted by atomic mass is 10.0. The summed E-state index contributed by atoms with van der Waals surface area (Å²) in [5.41, 5.74) is 1.02. The number of amides is 1. The van der Waals surface area contributed by atoms with E-state index in [9.17, 15) is 14.0 Å². The van der Waals surface area contributed by atoms with E-state index in [1.165, 1.54) is 6.07 Å². The van der Waals surface area contributed by atoms with Crippen molar-refractivity contribution in [2.75, 3.05) is 6.54 Å². The molecule has 1 aromatic carbocycles. The molecule has 2 N–H and O–H groups in total. The number of hydrogen-bond acceptors (Lipinski definition) is 5. The molecule has 8 heteroatoms. The molecule has 0 aliphatic carbocycles. The second kappa shape index (κ2) is 9.07. The van der Waals surface area contributed by atoms with E-state index in [-0.39, 0.29) is 42.8 Å². The Hall–Kier alpha value is -2.77. The Morgan fingerprint density at radius 1 is 1.38 bits per heavy atom. The van der Waals surface area contributed by atoms with Crippen molar-refractivity contribution in [2.24, 2.45) is 5.92 Å². The zero-order valence-electron chi connectivity index (χ0n) is 14.8. The average Bonchev–Trinajstić information content (AvgIpc) is 3.08. The molecular formula is C18H22FN3O4. The highest BCUT2D eigenvalue weighted by Gasteiger charge is 2.17. The monoisotopic (exact) mass is 363 g/mol. The number of nitrogens with zero attached hydrogens (tertiary/aromatic N) is 2. The van der Waals surface area contributed by atoms with Gasteiger partial charge >= 0.3 is 5.97 Å². The number of aryl methyl sites for hydroxylation is 2. The highest BCUT2D eigenvalue weighted by atomic mass is 19.1. The number of carboxylic acid groups (broad SMARTS) is 1. The Morgan fingerprint density at radius 3 is 2.81 bits per heavy atom. The average molecular weight is 363 g/mol. The lowest BCUT2D eigenvalue weighted by molar-refractivity contribution is -0.141. The Balaban J connectivity index is 1.86. The van der Waals surface area contributed by atoms with Crippen LogP contribution >= 0.6 is 0 Å². The minimum atomic E-state index is -0.918. The van der Waals surface area contributed by atoms with Gasteiger partial charge in [0.1, 0.15) is 5.82 Å². The summed E-state index contributed by atoms with van der Waals surface area (Å²) in [6.07, 6.45) is 1.56. The fourth-order valence-electron chi connectivity index (χ4n) is 2.41. The summed E-state index contributed by atoms with van der Waals surface area (Å²) in [4.78, 5) is 27.1. The number of halogens is 1. The summed E-state index contributed by atoms with van der Waals surface area (Å²) in [5, 5.41) is 15.5. The Labute approximate surface area is 150 Å². The van der Waals surface area contributed by atoms with Crippen LogP contribution in [0, 0.1) is 18.7 Å². The first-order valence-corrected chi connectivity index (χ1v) is 8.49. The Morgan fingerprint density at radius 2 is 2.15 bits per heavy atom. The van der Waals surface area contributed by atoms with Crippen LogP contribution in [-0.2, 0) is 16.0 Å². The molecule has 26 heavy (non-hydrogen) atoms. The highest BCUT2D eigenvalue weighted by Crippen LogP contribution is 2.19. The van der Waals surface area contributed by atoms with Gasteiger partial charge in [0.25, 0.3) is 0 Å². The van der Waals surface area contributed by atoms with Gasteiger partial charge in [-0.3, -0.25) is 9.59 Å². The van der Waals surface area contributed by atoms with Crippen molar-refractivity contribution in [3.05, 3.63) is 35.5 Å². The van der Waals surface area contributed by atoms with Gasteiger partial charge in [-0.05, 0) is 25.0 Å². The fraction of sp³-hybridized carbons (Fsp3) is 0.444. The number of aromatic nitrogens is 2. The maximum atomic E-state index is 13.6. The summed E-state index contributed by atoms with van der Waals surface area (Å²) in [5.74, 6) is -1.62. The minimum Gasteiger partial charge on any atom is -0.481 e. The molecule has 0 aliphatic heterocycles. The summed E-state index contributed by atoms with van der Waals surface area (Å²) in [6.45, 7) is 3.65. The van der Waals surface area contributed by atoms with Crippen LogP contribution in [-0.4, -0.2) is 33.7 Å². The first kappa shape index (κ1) is 19.6. The van der Waals surface area contributed by atoms with Gasteiger partial charge in [-0.2, -0.15) is 4.98 Å². The van der Waals surface area contributed by atoms with Crippen LogP contribution in [0.4, 0.5) is 4.39 Å². The van der Waals surface area contributed by atoms with Crippen LogP contribution in [0.3, 0.4) is 0 Å². The number of aliphatic carboxylic acids is 1. The molecule has 0 saturated carbocycles. The molecule has 7 nitrogen and oxygen atoms in total. The van der Waals surface area contributed by atoms with E-state index < -0.39 is 11.9 Å². The van der Waals surface area contributed by atoms with Crippen LogP contribution in [0.2, 0.25) is 0 Å². The minimum absolute atomic E-state index is 0.0970. The van der Waals surface area contributed by atoms with E-state index >= 15 is 0 Å². The summed E-state index contributed by atoms with van der Waals surface area (Å²) < 4.78 is 18.7. The van der Waals surface area contributed by atoms with E-state index in [0.717, 1.165) is 6.42 Å². The molecule has 0 saturated heterocycles. The van der Waals surface area contributed by atoms with Gasteiger partial charge in [0, 0.05) is 24.9 Å². The van der Waals surface area contributed by atoms with Crippen LogP contribution in [0.1, 0.15) is 37.6 Å². The molecule has 140 valence electrons. The van der Waals surface area contributed by atoms with Gasteiger partial charge in [-0.25, -0.2) is 4.39 Å². The molecule has 0 fully saturated rings. The van der Waals surface area contributed by atoms with E-state index in [1.807, 2.05) is 6.92 Å². The van der Waals surface area contributed by atoms with E-state index in [1.54, 1.807) is 19.1 Å². The molecule has 0 radical (unpaired) electrons. The van der Waals surface area contributed by atoms with Gasteiger partial charge in [-0.1, -0.05) is 30.6 Å². The van der Waals surface area contributed by atoms with Gasteiger partial charge in [0.2, 0.25) is 17.6 Å². The predicted octanol–water partition coefficient (Wildman–Crippen LogP) is 2.73. The lowest BCUT2D eigenvalue weighted by Crippen LogP contribution is -2.33. The fourth-order valence-corrected chi connectivity index (χ4v) is 2.41. The molecule has 1 heterocycles. The van der Waals surface area contributed by atoms with Gasteiger partial charge in [0.15, 0.2) is 0 Å². The topological polar surface area (TPSA) is 105 Å². The number of hydrogen-bond donors (Lipinski definition) is 2. The van der Waals surface area contributed by atoms with E-state index in [2.05, 4.69) is 15.5 Å². The highest BCUT2D eigenvalue weighted by molar-refractivity contribution is 5.77. The van der Waals surface area contributed by atoms with Crippen LogP contribution in [0.15, 0.2) is 22.7 Å². The smallest absolute Gasteiger partial charge is 0.308 e. The quantitative estimate of drug-likeness (QED) is 0.710. The van der Waals surface area contributed by atoms with E-state index in [0.29, 0.717) is 17.5 Å². The van der Waals surface area contributed by atoms with Crippen molar-refractivity contribution >= 4 is 11.9 Å². The number of nitrogens with one attached hydrogen (secondary N) is 1. The lowest BCUT2D eigenvalue weighted by Gasteiger charge is -2.11. The largest absolute Gasteiger partial charge is 0.481 e. The van der Waals surface area contributed by atoms with Crippen LogP contribution < -0.4 is 5.32 Å². The molecular weight excluding hydrogens is 341 g/mol. The zero-order chi connectivity index (χ0) is 19.1. The molecule has 1 unspecified atom stereocenters. The molecule has 1 atom stereocenters. The molecule has 2 aromatic rings. The Bertz CT molecular complexity index is 776. The van der Waals surface area contributed by atoms with Crippen molar-refractivity contribution in [3.8, 4) is 11.4 Å². The number of carboxylic acids is 1. The van der Waals surface area contributed by atoms with Gasteiger partial charge in [-0.15, -0.1) is 0 Å². The number of rotatable bonds is 9. The third-order valence-electron chi connectivity index (χ3n) is 4.00. The first-order chi connectivity index (χ1) is 12.4. The van der Waals surface area contributed by atoms with Gasteiger partial charge in [0.05, 0.1) is 5.92 Å². The first-order valence-electron chi connectivity index (χ1n) is 8.49. The SMILES string of the molecule is CCCC(CNC(=O)CCc1nc(-c2ccc(C)c(F)c2)no1)C(=O)O. The summed E-state index contributed by atoms with van der Waals surface area (Å²) in [7, 11) is 0. The number of carbonyl (C=O) groups excluding carboxylic acids is 1. The zero-order valence-corrected chi connectivity index (χ0v) is 14.8. The van der Waals surface area contributed by atoms with Crippen molar-refractivity contribution in [2.45, 2.75) is 39.5 Å². The number of benzene rings is 1. The Kier molecular flexibility index (Phi) is 6.82. The van der Waals surface area contributed by atoms with Gasteiger partial charge < -0.3 is 14.9 Å². The van der Waals surface area contributed by atoms with Crippen LogP contribution in [0.25, 0.3) is 11.4 Å². The third-order valence-corrected chi connectivity index (χ3v) is 4.00. The van der Waals surface area contributed by atoms with Crippen molar-refractivity contribution in [1.29, 1.82) is 0 Å². The second-order valence-corrected chi connectivity index (χ2v) is 6.10. The molecule has 0 spiro atoms. The molecule has 1 amide bonds. The molecule has 0 aliphatic rings. The van der Waals surface area contributed by atoms with E-state index in [4.69, 9.17) is 9.63 Å². The standard InChI is InChI=1S/C18H22FN3O4/c1-3-4-13(18(24)25)10-20-15(23)7-8-16-21-17(22-26-16)12-6-5-11(2)14(19)9-12/h5-6,9,13H,3-4,7-8,10H2,1-2H3,(H,20,23)(H,24,25). The van der Waals surface area contributed by atoms with Crippen LogP contribution in [0.5, 0.6) is 0 Å². The van der Waals surface area contributed by atoms with Crippen molar-refractivity contribution in [1.82, 2.24) is 15.5 Å². The maximum Gasteiger partial charge on any atom is 0.308 e. The summed E-state index contributed by atoms with van der Waals surface area (Å²) >= 11 is 0. The molecule has 0 bridgehead atoms. The maximum absolute atomic E-state index is 13.6. The predicted molar refractivity (Wildman–Crippen MR) is 91.8 cm³/mol. The second-order valence-electron chi connectivity index (χ2n) is 6.10. The number of carbonyl (C=O) groups is 2.